The van der Waals surface area contributed by atoms with Crippen molar-refractivity contribution < 1.29 is 9.21 Å². The number of furan rings is 1. The number of carbonyl (C=O) groups is 1. The number of amidine groups is 2. The molecular formula is C24H17ClN4O2S. The third-order valence-corrected chi connectivity index (χ3v) is 6.38. The number of hydrazone groups is 1. The number of aryl methyl sites for hydroxylation is 1. The smallest absolute Gasteiger partial charge is 0.283 e. The summed E-state index contributed by atoms with van der Waals surface area (Å²) in [6.45, 7) is 1.93. The van der Waals surface area contributed by atoms with E-state index in [-0.39, 0.29) is 11.4 Å². The molecule has 1 amide bonds. The molecule has 158 valence electrons. The van der Waals surface area contributed by atoms with Gasteiger partial charge in [0.2, 0.25) is 5.17 Å². The first-order chi connectivity index (χ1) is 15.5. The van der Waals surface area contributed by atoms with E-state index in [0.717, 1.165) is 21.7 Å². The molecule has 1 aromatic heterocycles. The Bertz CT molecular complexity index is 1340. The summed E-state index contributed by atoms with van der Waals surface area (Å²) in [5.74, 6) is 0.564. The van der Waals surface area contributed by atoms with Crippen LogP contribution in [0.25, 0.3) is 17.4 Å². The maximum Gasteiger partial charge on any atom is 0.283 e. The first kappa shape index (κ1) is 20.5. The van der Waals surface area contributed by atoms with Crippen molar-refractivity contribution >= 4 is 51.4 Å². The molecule has 6 nitrogen and oxygen atoms in total. The van der Waals surface area contributed by atoms with Gasteiger partial charge in [-0.15, -0.1) is 0 Å². The Morgan fingerprint density at radius 3 is 2.75 bits per heavy atom. The van der Waals surface area contributed by atoms with Gasteiger partial charge in [0, 0.05) is 17.0 Å². The topological polar surface area (TPSA) is 82.0 Å². The zero-order valence-electron chi connectivity index (χ0n) is 17.0. The number of amides is 1. The molecule has 0 atom stereocenters. The standard InChI is InChI=1S/C24H17ClN4O2S/c1-14-7-8-16(12-19(14)25)20-10-9-17(31-20)13-18-22(26)29-24(27-23(18)30)32-21(28-29)11-15-5-3-2-4-6-15/h2-10,12-13,26H,11H2,1H3/b18-13-,26-22?. The number of aliphatic imine (C=N–C) groups is 1. The van der Waals surface area contributed by atoms with Gasteiger partial charge in [0.15, 0.2) is 5.84 Å². The lowest BCUT2D eigenvalue weighted by Crippen LogP contribution is -2.35. The molecule has 1 N–H and O–H groups in total. The van der Waals surface area contributed by atoms with Gasteiger partial charge in [0.25, 0.3) is 5.91 Å². The maximum atomic E-state index is 12.6. The molecular weight excluding hydrogens is 444 g/mol. The number of benzene rings is 2. The van der Waals surface area contributed by atoms with Crippen molar-refractivity contribution in [2.45, 2.75) is 13.3 Å². The number of thioether (sulfide) groups is 1. The van der Waals surface area contributed by atoms with E-state index < -0.39 is 5.91 Å². The van der Waals surface area contributed by atoms with Crippen molar-refractivity contribution in [3.05, 3.63) is 88.1 Å². The second kappa shape index (κ2) is 8.26. The highest BCUT2D eigenvalue weighted by Gasteiger charge is 2.35. The molecule has 32 heavy (non-hydrogen) atoms. The van der Waals surface area contributed by atoms with E-state index in [4.69, 9.17) is 21.4 Å². The van der Waals surface area contributed by atoms with Crippen LogP contribution in [0.1, 0.15) is 16.9 Å². The molecule has 0 radical (unpaired) electrons. The summed E-state index contributed by atoms with van der Waals surface area (Å²) in [5, 5.41) is 16.3. The number of halogens is 1. The van der Waals surface area contributed by atoms with Crippen molar-refractivity contribution in [3.63, 3.8) is 0 Å². The van der Waals surface area contributed by atoms with Crippen LogP contribution in [0.4, 0.5) is 0 Å². The molecule has 0 spiro atoms. The number of hydrogen-bond acceptors (Lipinski definition) is 5. The van der Waals surface area contributed by atoms with Crippen LogP contribution in [0.5, 0.6) is 0 Å². The molecule has 3 heterocycles. The molecule has 8 heteroatoms. The summed E-state index contributed by atoms with van der Waals surface area (Å²) in [6, 6.07) is 19.2. The predicted octanol–water partition coefficient (Wildman–Crippen LogP) is 5.77. The molecule has 2 aliphatic rings. The molecule has 3 aromatic rings. The van der Waals surface area contributed by atoms with Gasteiger partial charge < -0.3 is 4.42 Å². The maximum absolute atomic E-state index is 12.6. The van der Waals surface area contributed by atoms with E-state index >= 15 is 0 Å². The summed E-state index contributed by atoms with van der Waals surface area (Å²) in [7, 11) is 0. The van der Waals surface area contributed by atoms with Gasteiger partial charge in [0.1, 0.15) is 16.6 Å². The number of rotatable bonds is 4. The Labute approximate surface area is 193 Å². The van der Waals surface area contributed by atoms with Gasteiger partial charge in [-0.25, -0.2) is 0 Å². The third-order valence-electron chi connectivity index (χ3n) is 5.06. The zero-order chi connectivity index (χ0) is 22.2. The molecule has 0 saturated carbocycles. The summed E-state index contributed by atoms with van der Waals surface area (Å²) in [5.41, 5.74) is 3.05. The van der Waals surface area contributed by atoms with Gasteiger partial charge in [-0.2, -0.15) is 15.1 Å². The van der Waals surface area contributed by atoms with Crippen LogP contribution in [-0.4, -0.2) is 27.0 Å². The minimum atomic E-state index is -0.485. The average molecular weight is 461 g/mol. The van der Waals surface area contributed by atoms with E-state index in [1.165, 1.54) is 22.8 Å². The van der Waals surface area contributed by atoms with E-state index in [0.29, 0.717) is 28.1 Å². The molecule has 0 saturated heterocycles. The molecule has 0 fully saturated rings. The molecule has 5 rings (SSSR count). The van der Waals surface area contributed by atoms with E-state index in [2.05, 4.69) is 10.1 Å². The number of fused-ring (bicyclic) bond motifs is 1. The van der Waals surface area contributed by atoms with Crippen LogP contribution in [0.3, 0.4) is 0 Å². The number of nitrogens with one attached hydrogen (secondary N) is 1. The van der Waals surface area contributed by atoms with Gasteiger partial charge in [0.05, 0.1) is 5.57 Å². The highest BCUT2D eigenvalue weighted by atomic mass is 35.5. The lowest BCUT2D eigenvalue weighted by atomic mass is 10.1. The van der Waals surface area contributed by atoms with E-state index in [9.17, 15) is 4.79 Å². The lowest BCUT2D eigenvalue weighted by Gasteiger charge is -2.19. The SMILES string of the molecule is Cc1ccc(-c2ccc(/C=C3/C(=N)N4N=C(Cc5ccccc5)SC4=NC3=O)o2)cc1Cl. The van der Waals surface area contributed by atoms with Gasteiger partial charge in [-0.3, -0.25) is 10.2 Å². The summed E-state index contributed by atoms with van der Waals surface area (Å²) >= 11 is 7.53. The Morgan fingerprint density at radius 1 is 1.16 bits per heavy atom. The van der Waals surface area contributed by atoms with Crippen molar-refractivity contribution in [1.29, 1.82) is 5.41 Å². The average Bonchev–Trinajstić information content (AvgIpc) is 3.41. The minimum absolute atomic E-state index is 0.0214. The largest absolute Gasteiger partial charge is 0.457 e. The summed E-state index contributed by atoms with van der Waals surface area (Å²) in [6.07, 6.45) is 2.14. The van der Waals surface area contributed by atoms with Gasteiger partial charge in [-0.05, 0) is 54.1 Å². The monoisotopic (exact) mass is 460 g/mol. The molecule has 2 aliphatic heterocycles. The number of carbonyl (C=O) groups excluding carboxylic acids is 1. The highest BCUT2D eigenvalue weighted by molar-refractivity contribution is 8.26. The van der Waals surface area contributed by atoms with Gasteiger partial charge in [-0.1, -0.05) is 54.1 Å². The van der Waals surface area contributed by atoms with Crippen molar-refractivity contribution in [3.8, 4) is 11.3 Å². The first-order valence-corrected chi connectivity index (χ1v) is 11.1. The van der Waals surface area contributed by atoms with Gasteiger partial charge >= 0.3 is 0 Å². The normalized spacial score (nSPS) is 16.9. The fraction of sp³-hybridized carbons (Fsp3) is 0.0833. The van der Waals surface area contributed by atoms with Crippen molar-refractivity contribution in [2.75, 3.05) is 0 Å². The quantitative estimate of drug-likeness (QED) is 0.501. The van der Waals surface area contributed by atoms with Crippen LogP contribution in [0.2, 0.25) is 5.02 Å². The number of hydrogen-bond donors (Lipinski definition) is 1. The van der Waals surface area contributed by atoms with E-state index in [1.807, 2.05) is 55.5 Å². The Kier molecular flexibility index (Phi) is 5.28. The van der Waals surface area contributed by atoms with Crippen LogP contribution in [0.15, 0.2) is 80.7 Å². The summed E-state index contributed by atoms with van der Waals surface area (Å²) < 4.78 is 5.88. The molecule has 0 aliphatic carbocycles. The number of nitrogens with zero attached hydrogens (tertiary/aromatic N) is 3. The second-order valence-corrected chi connectivity index (χ2v) is 8.79. The highest BCUT2D eigenvalue weighted by Crippen LogP contribution is 2.31. The fourth-order valence-electron chi connectivity index (χ4n) is 3.35. The van der Waals surface area contributed by atoms with Crippen LogP contribution < -0.4 is 0 Å². The minimum Gasteiger partial charge on any atom is -0.457 e. The lowest BCUT2D eigenvalue weighted by molar-refractivity contribution is -0.114. The van der Waals surface area contributed by atoms with Crippen LogP contribution >= 0.6 is 23.4 Å². The zero-order valence-corrected chi connectivity index (χ0v) is 18.6. The fourth-order valence-corrected chi connectivity index (χ4v) is 4.45. The Hall–Kier alpha value is -3.42. The summed E-state index contributed by atoms with van der Waals surface area (Å²) in [4.78, 5) is 16.8. The Morgan fingerprint density at radius 2 is 1.97 bits per heavy atom. The second-order valence-electron chi connectivity index (χ2n) is 7.34. The first-order valence-electron chi connectivity index (χ1n) is 9.87. The predicted molar refractivity (Wildman–Crippen MR) is 129 cm³/mol. The molecule has 0 bridgehead atoms. The van der Waals surface area contributed by atoms with Crippen molar-refractivity contribution in [2.24, 2.45) is 10.1 Å². The van der Waals surface area contributed by atoms with Crippen LogP contribution in [-0.2, 0) is 11.2 Å². The molecule has 2 aromatic carbocycles. The van der Waals surface area contributed by atoms with Crippen molar-refractivity contribution in [1.82, 2.24) is 5.01 Å². The third kappa shape index (κ3) is 3.92. The molecule has 0 unspecified atom stereocenters. The Balaban J connectivity index is 1.40. The van der Waals surface area contributed by atoms with E-state index in [1.54, 1.807) is 12.1 Å². The van der Waals surface area contributed by atoms with Crippen LogP contribution in [0, 0.1) is 12.3 Å².